The summed E-state index contributed by atoms with van der Waals surface area (Å²) in [7, 11) is -4.05. The largest absolute Gasteiger partial charge is 0.390 e. The summed E-state index contributed by atoms with van der Waals surface area (Å²) in [6.07, 6.45) is -0.825. The van der Waals surface area contributed by atoms with Gasteiger partial charge in [-0.15, -0.1) is 0 Å². The molecule has 0 unspecified atom stereocenters. The first-order valence-electron chi connectivity index (χ1n) is 15.2. The maximum atomic E-state index is 13.7. The average Bonchev–Trinajstić information content (AvgIpc) is 3.25. The van der Waals surface area contributed by atoms with Crippen LogP contribution in [0.4, 0.5) is 5.69 Å². The summed E-state index contributed by atoms with van der Waals surface area (Å²) in [6.45, 7) is 5.00. The van der Waals surface area contributed by atoms with Gasteiger partial charge >= 0.3 is 0 Å². The maximum absolute atomic E-state index is 13.7. The summed E-state index contributed by atoms with van der Waals surface area (Å²) >= 11 is 0. The van der Waals surface area contributed by atoms with E-state index in [1.807, 2.05) is 44.2 Å². The smallest absolute Gasteiger partial charge is 0.261 e. The third-order valence-electron chi connectivity index (χ3n) is 7.54. The van der Waals surface area contributed by atoms with Gasteiger partial charge in [-0.1, -0.05) is 56.3 Å². The molecule has 0 aromatic heterocycles. The van der Waals surface area contributed by atoms with Crippen LogP contribution < -0.4 is 10.6 Å². The standard InChI is InChI=1S/C34H40N4O7S/c1-23(2)21-37(46(44,45)27-17-15-26(16-18-27)35-24(3)39)22-31(40)30(20-25-10-5-4-6-11-25)36-32(41)14-9-19-38-33(42)28-12-7-8-13-29(28)34(38)43/h4-8,10-13,15-18,23,30-31,40H,9,14,19-22H2,1-3H3,(H,35,39)(H,36,41)/t30-,31+/m0/s1. The van der Waals surface area contributed by atoms with E-state index in [1.165, 1.54) is 35.5 Å². The summed E-state index contributed by atoms with van der Waals surface area (Å²) in [5.74, 6) is -1.53. The van der Waals surface area contributed by atoms with Crippen LogP contribution in [0.1, 0.15) is 59.9 Å². The second-order valence-electron chi connectivity index (χ2n) is 11.8. The summed E-state index contributed by atoms with van der Waals surface area (Å²) < 4.78 is 28.7. The average molecular weight is 649 g/mol. The van der Waals surface area contributed by atoms with Gasteiger partial charge in [-0.05, 0) is 60.7 Å². The van der Waals surface area contributed by atoms with Crippen molar-refractivity contribution in [2.75, 3.05) is 25.0 Å². The molecule has 2 atom stereocenters. The van der Waals surface area contributed by atoms with Crippen LogP contribution in [0.2, 0.25) is 0 Å². The first-order valence-corrected chi connectivity index (χ1v) is 16.6. The number of sulfonamides is 1. The Balaban J connectivity index is 1.46. The highest BCUT2D eigenvalue weighted by Crippen LogP contribution is 2.23. The van der Waals surface area contributed by atoms with Gasteiger partial charge in [0.05, 0.1) is 28.2 Å². The molecule has 1 heterocycles. The van der Waals surface area contributed by atoms with Crippen LogP contribution in [0, 0.1) is 5.92 Å². The van der Waals surface area contributed by atoms with Crippen LogP contribution in [0.25, 0.3) is 0 Å². The van der Waals surface area contributed by atoms with Gasteiger partial charge in [-0.3, -0.25) is 24.1 Å². The molecule has 0 saturated heterocycles. The Morgan fingerprint density at radius 2 is 1.46 bits per heavy atom. The zero-order valence-corrected chi connectivity index (χ0v) is 27.0. The van der Waals surface area contributed by atoms with Crippen molar-refractivity contribution >= 4 is 39.3 Å². The highest BCUT2D eigenvalue weighted by Gasteiger charge is 2.35. The number of benzene rings is 3. The van der Waals surface area contributed by atoms with E-state index in [1.54, 1.807) is 24.3 Å². The number of amides is 4. The normalized spacial score (nSPS) is 14.3. The minimum atomic E-state index is -4.05. The Bertz CT molecular complexity index is 1630. The van der Waals surface area contributed by atoms with Crippen molar-refractivity contribution in [3.63, 3.8) is 0 Å². The number of aliphatic hydroxyl groups is 1. The molecule has 0 saturated carbocycles. The van der Waals surface area contributed by atoms with Gasteiger partial charge in [0.2, 0.25) is 21.8 Å². The second kappa shape index (κ2) is 15.3. The molecule has 0 aliphatic carbocycles. The summed E-state index contributed by atoms with van der Waals surface area (Å²) in [5, 5.41) is 16.9. The number of hydrogen-bond acceptors (Lipinski definition) is 7. The maximum Gasteiger partial charge on any atom is 0.261 e. The Kier molecular flexibility index (Phi) is 11.4. The molecule has 4 amide bonds. The fourth-order valence-electron chi connectivity index (χ4n) is 5.35. The quantitative estimate of drug-likeness (QED) is 0.214. The number of carbonyl (C=O) groups excluding carboxylic acids is 4. The van der Waals surface area contributed by atoms with E-state index in [0.717, 1.165) is 10.5 Å². The van der Waals surface area contributed by atoms with E-state index in [4.69, 9.17) is 0 Å². The Morgan fingerprint density at radius 1 is 0.870 bits per heavy atom. The van der Waals surface area contributed by atoms with Crippen LogP contribution in [-0.2, 0) is 26.0 Å². The van der Waals surface area contributed by atoms with E-state index in [2.05, 4.69) is 10.6 Å². The first kappa shape index (κ1) is 34.5. The third-order valence-corrected chi connectivity index (χ3v) is 9.39. The fraction of sp³-hybridized carbons (Fsp3) is 0.353. The highest BCUT2D eigenvalue weighted by molar-refractivity contribution is 7.89. The number of fused-ring (bicyclic) bond motifs is 1. The van der Waals surface area contributed by atoms with Crippen molar-refractivity contribution in [1.82, 2.24) is 14.5 Å². The lowest BCUT2D eigenvalue weighted by molar-refractivity contribution is -0.122. The molecule has 46 heavy (non-hydrogen) atoms. The summed E-state index contributed by atoms with van der Waals surface area (Å²) in [6, 6.07) is 20.8. The van der Waals surface area contributed by atoms with Crippen molar-refractivity contribution in [2.24, 2.45) is 5.92 Å². The van der Waals surface area contributed by atoms with Gasteiger partial charge in [-0.2, -0.15) is 4.31 Å². The number of nitrogens with one attached hydrogen (secondary N) is 2. The zero-order valence-electron chi connectivity index (χ0n) is 26.2. The summed E-state index contributed by atoms with van der Waals surface area (Å²) in [4.78, 5) is 51.0. The molecule has 4 rings (SSSR count). The molecular weight excluding hydrogens is 608 g/mol. The Hall–Kier alpha value is -4.39. The van der Waals surface area contributed by atoms with Gasteiger partial charge in [0.15, 0.2) is 0 Å². The molecule has 0 bridgehead atoms. The van der Waals surface area contributed by atoms with Gasteiger partial charge < -0.3 is 15.7 Å². The molecule has 3 aromatic rings. The van der Waals surface area contributed by atoms with Crippen molar-refractivity contribution in [3.8, 4) is 0 Å². The van der Waals surface area contributed by atoms with Gasteiger partial charge in [-0.25, -0.2) is 8.42 Å². The molecule has 3 N–H and O–H groups in total. The second-order valence-corrected chi connectivity index (χ2v) is 13.7. The topological polar surface area (TPSA) is 153 Å². The molecule has 11 nitrogen and oxygen atoms in total. The molecular formula is C34H40N4O7S. The SMILES string of the molecule is CC(=O)Nc1ccc(S(=O)(=O)N(CC(C)C)C[C@@H](O)[C@H](Cc2ccccc2)NC(=O)CCCN2C(=O)c3ccccc3C2=O)cc1. The highest BCUT2D eigenvalue weighted by atomic mass is 32.2. The number of nitrogens with zero attached hydrogens (tertiary/aromatic N) is 2. The van der Waals surface area contributed by atoms with Crippen LogP contribution in [0.5, 0.6) is 0 Å². The lowest BCUT2D eigenvalue weighted by Crippen LogP contribution is -2.51. The van der Waals surface area contributed by atoms with Crippen LogP contribution in [0.3, 0.4) is 0 Å². The minimum Gasteiger partial charge on any atom is -0.390 e. The summed E-state index contributed by atoms with van der Waals surface area (Å²) in [5.41, 5.74) is 1.97. The van der Waals surface area contributed by atoms with E-state index in [0.29, 0.717) is 16.8 Å². The number of hydrogen-bond donors (Lipinski definition) is 3. The lowest BCUT2D eigenvalue weighted by Gasteiger charge is -2.31. The van der Waals surface area contributed by atoms with Crippen LogP contribution >= 0.6 is 0 Å². The van der Waals surface area contributed by atoms with Crippen molar-refractivity contribution < 1.29 is 32.7 Å². The molecule has 0 radical (unpaired) electrons. The van der Waals surface area contributed by atoms with Gasteiger partial charge in [0.25, 0.3) is 11.8 Å². The van der Waals surface area contributed by atoms with E-state index in [9.17, 15) is 32.7 Å². The fourth-order valence-corrected chi connectivity index (χ4v) is 6.97. The molecule has 12 heteroatoms. The van der Waals surface area contributed by atoms with E-state index >= 15 is 0 Å². The monoisotopic (exact) mass is 648 g/mol. The molecule has 3 aromatic carbocycles. The van der Waals surface area contributed by atoms with Crippen molar-refractivity contribution in [3.05, 3.63) is 95.6 Å². The predicted octanol–water partition coefficient (Wildman–Crippen LogP) is 3.46. The molecule has 0 fully saturated rings. The van der Waals surface area contributed by atoms with E-state index in [-0.39, 0.29) is 55.6 Å². The number of rotatable bonds is 15. The van der Waals surface area contributed by atoms with Crippen molar-refractivity contribution in [1.29, 1.82) is 0 Å². The van der Waals surface area contributed by atoms with Crippen molar-refractivity contribution in [2.45, 2.75) is 57.1 Å². The Morgan fingerprint density at radius 3 is 2.02 bits per heavy atom. The molecule has 1 aliphatic heterocycles. The number of aliphatic hydroxyl groups excluding tert-OH is 1. The predicted molar refractivity (Wildman–Crippen MR) is 173 cm³/mol. The first-order chi connectivity index (χ1) is 21.9. The molecule has 0 spiro atoms. The number of anilines is 1. The van der Waals surface area contributed by atoms with Gasteiger partial charge in [0, 0.05) is 38.7 Å². The Labute approximate surface area is 269 Å². The van der Waals surface area contributed by atoms with Crippen LogP contribution in [-0.4, -0.2) is 78.1 Å². The minimum absolute atomic E-state index is 0.00579. The zero-order chi connectivity index (χ0) is 33.4. The molecule has 244 valence electrons. The number of imide groups is 1. The van der Waals surface area contributed by atoms with Crippen LogP contribution in [0.15, 0.2) is 83.8 Å². The third kappa shape index (κ3) is 8.65. The van der Waals surface area contributed by atoms with E-state index < -0.39 is 39.9 Å². The van der Waals surface area contributed by atoms with Gasteiger partial charge in [0.1, 0.15) is 0 Å². The number of carbonyl (C=O) groups is 4. The lowest BCUT2D eigenvalue weighted by atomic mass is 10.0. The molecule has 1 aliphatic rings.